The second-order valence-corrected chi connectivity index (χ2v) is 4.98. The van der Waals surface area contributed by atoms with E-state index in [1.165, 1.54) is 4.57 Å². The average Bonchev–Trinajstić information content (AvgIpc) is 2.60. The van der Waals surface area contributed by atoms with Crippen molar-refractivity contribution in [1.29, 1.82) is 0 Å². The fraction of sp³-hybridized carbons (Fsp3) is 0.118. The van der Waals surface area contributed by atoms with Gasteiger partial charge in [-0.1, -0.05) is 12.1 Å². The van der Waals surface area contributed by atoms with Crippen LogP contribution in [0.1, 0.15) is 0 Å². The van der Waals surface area contributed by atoms with E-state index in [-0.39, 0.29) is 11.2 Å². The molecule has 0 saturated heterocycles. The van der Waals surface area contributed by atoms with E-state index in [0.717, 1.165) is 10.9 Å². The number of benzene rings is 1. The lowest BCUT2D eigenvalue weighted by Gasteiger charge is -2.15. The van der Waals surface area contributed by atoms with Crippen LogP contribution in [0.3, 0.4) is 0 Å². The summed E-state index contributed by atoms with van der Waals surface area (Å²) in [6, 6.07) is 11.0. The number of aromatic nitrogens is 2. The molecule has 23 heavy (non-hydrogen) atoms. The second kappa shape index (κ2) is 5.92. The van der Waals surface area contributed by atoms with Gasteiger partial charge in [0.1, 0.15) is 17.1 Å². The van der Waals surface area contributed by atoms with Crippen molar-refractivity contribution in [2.75, 3.05) is 12.4 Å². The van der Waals surface area contributed by atoms with E-state index in [0.29, 0.717) is 23.4 Å². The maximum atomic E-state index is 12.6. The van der Waals surface area contributed by atoms with Gasteiger partial charge in [0.05, 0.1) is 7.11 Å². The molecular formula is C17H15N3O3. The van der Waals surface area contributed by atoms with Crippen molar-refractivity contribution in [3.63, 3.8) is 0 Å². The van der Waals surface area contributed by atoms with Gasteiger partial charge in [-0.3, -0.25) is 14.2 Å². The topological polar surface area (TPSA) is 73.2 Å². The third-order valence-corrected chi connectivity index (χ3v) is 3.70. The molecular weight excluding hydrogens is 294 g/mol. The van der Waals surface area contributed by atoms with Crippen LogP contribution in [0.2, 0.25) is 0 Å². The Morgan fingerprint density at radius 3 is 2.83 bits per heavy atom. The molecule has 0 fully saturated rings. The van der Waals surface area contributed by atoms with Gasteiger partial charge in [-0.15, -0.1) is 0 Å². The van der Waals surface area contributed by atoms with Gasteiger partial charge in [-0.05, 0) is 29.8 Å². The zero-order valence-electron chi connectivity index (χ0n) is 12.7. The highest BCUT2D eigenvalue weighted by molar-refractivity contribution is 6.01. The molecule has 6 heteroatoms. The van der Waals surface area contributed by atoms with E-state index in [4.69, 9.17) is 4.74 Å². The Balaban J connectivity index is 2.46. The lowest BCUT2D eigenvalue weighted by Crippen LogP contribution is -2.23. The van der Waals surface area contributed by atoms with Gasteiger partial charge in [0, 0.05) is 24.2 Å². The van der Waals surface area contributed by atoms with Crippen LogP contribution in [-0.4, -0.2) is 23.1 Å². The quantitative estimate of drug-likeness (QED) is 0.750. The van der Waals surface area contributed by atoms with Gasteiger partial charge in [0.25, 0.3) is 5.56 Å². The zero-order valence-corrected chi connectivity index (χ0v) is 12.7. The van der Waals surface area contributed by atoms with E-state index in [1.54, 1.807) is 26.4 Å². The molecule has 0 saturated carbocycles. The van der Waals surface area contributed by atoms with Crippen LogP contribution in [-0.2, 0) is 11.8 Å². The minimum atomic E-state index is -0.318. The summed E-state index contributed by atoms with van der Waals surface area (Å²) in [7, 11) is 3.20. The highest BCUT2D eigenvalue weighted by atomic mass is 16.5. The van der Waals surface area contributed by atoms with Crippen molar-refractivity contribution < 1.29 is 9.53 Å². The highest BCUT2D eigenvalue weighted by Gasteiger charge is 2.17. The van der Waals surface area contributed by atoms with Crippen molar-refractivity contribution >= 4 is 23.1 Å². The number of amides is 1. The smallest absolute Gasteiger partial charge is 0.276 e. The van der Waals surface area contributed by atoms with Crippen LogP contribution in [0.5, 0.6) is 5.75 Å². The van der Waals surface area contributed by atoms with Crippen LogP contribution in [0.4, 0.5) is 5.69 Å². The van der Waals surface area contributed by atoms with E-state index in [1.807, 2.05) is 30.3 Å². The number of nitrogens with one attached hydrogen (secondary N) is 1. The number of anilines is 1. The maximum Gasteiger partial charge on any atom is 0.276 e. The lowest BCUT2D eigenvalue weighted by molar-refractivity contribution is -0.105. The van der Waals surface area contributed by atoms with Crippen molar-refractivity contribution in [3.05, 3.63) is 52.9 Å². The summed E-state index contributed by atoms with van der Waals surface area (Å²) in [5.74, 6) is 0.664. The molecule has 0 radical (unpaired) electrons. The largest absolute Gasteiger partial charge is 0.497 e. The number of carbonyl (C=O) groups excluding carboxylic acids is 1. The number of fused-ring (bicyclic) bond motifs is 1. The number of pyridine rings is 2. The maximum absolute atomic E-state index is 12.6. The molecule has 1 N–H and O–H groups in total. The van der Waals surface area contributed by atoms with Gasteiger partial charge in [-0.2, -0.15) is 0 Å². The zero-order chi connectivity index (χ0) is 16.4. The summed E-state index contributed by atoms with van der Waals surface area (Å²) in [6.45, 7) is 0. The number of methoxy groups -OCH3 is 1. The van der Waals surface area contributed by atoms with Crippen LogP contribution >= 0.6 is 0 Å². The van der Waals surface area contributed by atoms with Crippen molar-refractivity contribution in [1.82, 2.24) is 9.55 Å². The van der Waals surface area contributed by atoms with Crippen LogP contribution in [0.25, 0.3) is 22.2 Å². The number of ether oxygens (including phenoxy) is 1. The number of rotatable bonds is 4. The minimum Gasteiger partial charge on any atom is -0.497 e. The van der Waals surface area contributed by atoms with E-state index in [2.05, 4.69) is 10.3 Å². The molecule has 0 aliphatic heterocycles. The van der Waals surface area contributed by atoms with E-state index < -0.39 is 0 Å². The SMILES string of the molecule is COc1cccc(-c2c(NC=O)c(=O)n(C)c3ncccc23)c1. The number of hydrogen-bond acceptors (Lipinski definition) is 4. The molecule has 3 rings (SSSR count). The lowest BCUT2D eigenvalue weighted by atomic mass is 10.0. The molecule has 0 spiro atoms. The Morgan fingerprint density at radius 2 is 2.09 bits per heavy atom. The molecule has 2 heterocycles. The fourth-order valence-corrected chi connectivity index (χ4v) is 2.64. The first-order valence-corrected chi connectivity index (χ1v) is 6.99. The van der Waals surface area contributed by atoms with Crippen LogP contribution in [0, 0.1) is 0 Å². The minimum absolute atomic E-state index is 0.219. The predicted octanol–water partition coefficient (Wildman–Crippen LogP) is 2.18. The summed E-state index contributed by atoms with van der Waals surface area (Å²) in [5.41, 5.74) is 1.84. The molecule has 6 nitrogen and oxygen atoms in total. The summed E-state index contributed by atoms with van der Waals surface area (Å²) in [5, 5.41) is 3.30. The Bertz CT molecular complexity index is 947. The summed E-state index contributed by atoms with van der Waals surface area (Å²) < 4.78 is 6.67. The molecule has 116 valence electrons. The first-order valence-electron chi connectivity index (χ1n) is 6.99. The Morgan fingerprint density at radius 1 is 1.26 bits per heavy atom. The van der Waals surface area contributed by atoms with Gasteiger partial charge in [0.2, 0.25) is 6.41 Å². The number of hydrogen-bond donors (Lipinski definition) is 1. The first-order chi connectivity index (χ1) is 11.2. The molecule has 1 aromatic carbocycles. The number of carbonyl (C=O) groups is 1. The van der Waals surface area contributed by atoms with E-state index in [9.17, 15) is 9.59 Å². The molecule has 0 aliphatic carbocycles. The van der Waals surface area contributed by atoms with E-state index >= 15 is 0 Å². The average molecular weight is 309 g/mol. The normalized spacial score (nSPS) is 10.5. The summed E-state index contributed by atoms with van der Waals surface area (Å²) in [4.78, 5) is 27.9. The molecule has 0 atom stereocenters. The molecule has 0 aliphatic rings. The summed E-state index contributed by atoms with van der Waals surface area (Å²) >= 11 is 0. The predicted molar refractivity (Wildman–Crippen MR) is 88.7 cm³/mol. The third kappa shape index (κ3) is 2.44. The Labute approximate surface area is 132 Å². The van der Waals surface area contributed by atoms with Crippen LogP contribution < -0.4 is 15.6 Å². The third-order valence-electron chi connectivity index (χ3n) is 3.70. The standard InChI is InChI=1S/C17H15N3O3/c1-20-16-13(7-4-8-18-16)14(15(17(20)22)19-10-21)11-5-3-6-12(9-11)23-2/h3-10H,1-2H3,(H,19,21). The van der Waals surface area contributed by atoms with Gasteiger partial charge in [0.15, 0.2) is 0 Å². The molecule has 1 amide bonds. The van der Waals surface area contributed by atoms with Crippen molar-refractivity contribution in [2.45, 2.75) is 0 Å². The fourth-order valence-electron chi connectivity index (χ4n) is 2.64. The van der Waals surface area contributed by atoms with Gasteiger partial charge < -0.3 is 10.1 Å². The molecule has 2 aromatic heterocycles. The molecule has 0 unspecified atom stereocenters. The number of nitrogens with zero attached hydrogens (tertiary/aromatic N) is 2. The second-order valence-electron chi connectivity index (χ2n) is 4.98. The Kier molecular flexibility index (Phi) is 3.80. The molecule has 0 bridgehead atoms. The number of aryl methyl sites for hydroxylation is 1. The van der Waals surface area contributed by atoms with Gasteiger partial charge in [-0.25, -0.2) is 4.98 Å². The van der Waals surface area contributed by atoms with Crippen molar-refractivity contribution in [3.8, 4) is 16.9 Å². The van der Waals surface area contributed by atoms with Crippen molar-refractivity contribution in [2.24, 2.45) is 7.05 Å². The Hall–Kier alpha value is -3.15. The summed E-state index contributed by atoms with van der Waals surface area (Å²) in [6.07, 6.45) is 2.13. The molecule has 3 aromatic rings. The highest BCUT2D eigenvalue weighted by Crippen LogP contribution is 2.33. The van der Waals surface area contributed by atoms with Gasteiger partial charge >= 0.3 is 0 Å². The van der Waals surface area contributed by atoms with Crippen LogP contribution in [0.15, 0.2) is 47.4 Å². The first kappa shape index (κ1) is 14.8. The monoisotopic (exact) mass is 309 g/mol.